The molecular formula is C15H16BrNO6S. The molecule has 130 valence electrons. The Kier molecular flexibility index (Phi) is 5.68. The topological polar surface area (TPSA) is 86.0 Å². The van der Waals surface area contributed by atoms with Crippen molar-refractivity contribution in [1.29, 1.82) is 0 Å². The highest BCUT2D eigenvalue weighted by Crippen LogP contribution is 2.24. The van der Waals surface area contributed by atoms with E-state index in [-0.39, 0.29) is 17.5 Å². The van der Waals surface area contributed by atoms with Gasteiger partial charge in [-0.15, -0.1) is 0 Å². The number of sulfonamides is 1. The molecule has 1 aromatic carbocycles. The van der Waals surface area contributed by atoms with Gasteiger partial charge in [-0.25, -0.2) is 17.5 Å². The maximum atomic E-state index is 12.1. The average molecular weight is 418 g/mol. The van der Waals surface area contributed by atoms with Crippen LogP contribution in [-0.2, 0) is 21.4 Å². The van der Waals surface area contributed by atoms with E-state index < -0.39 is 16.0 Å². The predicted molar refractivity (Wildman–Crippen MR) is 89.4 cm³/mol. The number of hydrogen-bond donors (Lipinski definition) is 0. The molecular weight excluding hydrogens is 402 g/mol. The van der Waals surface area contributed by atoms with Crippen molar-refractivity contribution in [3.05, 3.63) is 46.1 Å². The minimum Gasteiger partial charge on any atom is -0.497 e. The van der Waals surface area contributed by atoms with E-state index in [9.17, 15) is 13.2 Å². The number of furan rings is 1. The standard InChI is InChI=1S/C15H16BrNO6S/c1-17(2)24(19,20)14-7-5-11(23-14)9-22-15(18)12-8-10(21-3)4-6-13(12)16/h4-8H,9H2,1-3H3. The van der Waals surface area contributed by atoms with Crippen molar-refractivity contribution in [2.24, 2.45) is 0 Å². The molecule has 0 fully saturated rings. The van der Waals surface area contributed by atoms with Crippen molar-refractivity contribution in [3.63, 3.8) is 0 Å². The molecule has 0 bridgehead atoms. The fraction of sp³-hybridized carbons (Fsp3) is 0.267. The number of ether oxygens (including phenoxy) is 2. The van der Waals surface area contributed by atoms with Gasteiger partial charge in [0, 0.05) is 18.6 Å². The highest BCUT2D eigenvalue weighted by Gasteiger charge is 2.22. The number of rotatable bonds is 6. The summed E-state index contributed by atoms with van der Waals surface area (Å²) in [6.45, 7) is -0.189. The zero-order valence-corrected chi connectivity index (χ0v) is 15.7. The summed E-state index contributed by atoms with van der Waals surface area (Å²) in [4.78, 5) is 12.1. The second-order valence-electron chi connectivity index (χ2n) is 4.93. The second kappa shape index (κ2) is 7.37. The van der Waals surface area contributed by atoms with Gasteiger partial charge in [0.1, 0.15) is 18.1 Å². The van der Waals surface area contributed by atoms with Crippen molar-refractivity contribution < 1.29 is 27.1 Å². The number of nitrogens with zero attached hydrogens (tertiary/aromatic N) is 1. The van der Waals surface area contributed by atoms with Crippen molar-refractivity contribution in [2.45, 2.75) is 11.7 Å². The van der Waals surface area contributed by atoms with Crippen molar-refractivity contribution in [1.82, 2.24) is 4.31 Å². The summed E-state index contributed by atoms with van der Waals surface area (Å²) in [5, 5.41) is -0.207. The number of hydrogen-bond acceptors (Lipinski definition) is 6. The van der Waals surface area contributed by atoms with Crippen LogP contribution in [0.25, 0.3) is 0 Å². The zero-order chi connectivity index (χ0) is 17.9. The van der Waals surface area contributed by atoms with E-state index in [0.29, 0.717) is 15.8 Å². The van der Waals surface area contributed by atoms with Crippen LogP contribution in [0.15, 0.2) is 44.3 Å². The van der Waals surface area contributed by atoms with Gasteiger partial charge in [0.15, 0.2) is 0 Å². The Balaban J connectivity index is 2.09. The second-order valence-corrected chi connectivity index (χ2v) is 7.87. The molecule has 0 unspecified atom stereocenters. The summed E-state index contributed by atoms with van der Waals surface area (Å²) in [5.74, 6) is 0.152. The van der Waals surface area contributed by atoms with Crippen LogP contribution < -0.4 is 4.74 Å². The molecule has 1 heterocycles. The van der Waals surface area contributed by atoms with Gasteiger partial charge in [-0.05, 0) is 46.3 Å². The predicted octanol–water partition coefficient (Wildman–Crippen LogP) is 2.66. The van der Waals surface area contributed by atoms with Crippen molar-refractivity contribution in [3.8, 4) is 5.75 Å². The zero-order valence-electron chi connectivity index (χ0n) is 13.3. The van der Waals surface area contributed by atoms with Gasteiger partial charge in [-0.3, -0.25) is 0 Å². The molecule has 2 aromatic rings. The molecule has 0 amide bonds. The van der Waals surface area contributed by atoms with Gasteiger partial charge in [0.25, 0.3) is 10.0 Å². The molecule has 0 N–H and O–H groups in total. The monoisotopic (exact) mass is 417 g/mol. The first kappa shape index (κ1) is 18.5. The van der Waals surface area contributed by atoms with E-state index >= 15 is 0 Å². The number of carbonyl (C=O) groups is 1. The third-order valence-corrected chi connectivity index (χ3v) is 5.49. The van der Waals surface area contributed by atoms with Crippen LogP contribution in [0.3, 0.4) is 0 Å². The molecule has 9 heteroatoms. The Morgan fingerprint density at radius 3 is 2.58 bits per heavy atom. The summed E-state index contributed by atoms with van der Waals surface area (Å²) < 4.78 is 40.9. The molecule has 7 nitrogen and oxygen atoms in total. The minimum absolute atomic E-state index is 0.189. The molecule has 0 radical (unpaired) electrons. The number of methoxy groups -OCH3 is 1. The number of benzene rings is 1. The van der Waals surface area contributed by atoms with Crippen molar-refractivity contribution >= 4 is 31.9 Å². The maximum absolute atomic E-state index is 12.1. The van der Waals surface area contributed by atoms with E-state index in [1.807, 2.05) is 0 Å². The van der Waals surface area contributed by atoms with Gasteiger partial charge in [-0.1, -0.05) is 0 Å². The number of carbonyl (C=O) groups excluding carboxylic acids is 1. The summed E-state index contributed by atoms with van der Waals surface area (Å²) in [5.41, 5.74) is 0.294. The van der Waals surface area contributed by atoms with Crippen LogP contribution in [0.1, 0.15) is 16.1 Å². The van der Waals surface area contributed by atoms with Gasteiger partial charge in [0.2, 0.25) is 5.09 Å². The van der Waals surface area contributed by atoms with Crippen LogP contribution in [0.4, 0.5) is 0 Å². The lowest BCUT2D eigenvalue weighted by atomic mass is 10.2. The van der Waals surface area contributed by atoms with E-state index in [4.69, 9.17) is 13.9 Å². The Bertz CT molecular complexity index is 843. The molecule has 0 aliphatic rings. The van der Waals surface area contributed by atoms with Gasteiger partial charge in [-0.2, -0.15) is 0 Å². The summed E-state index contributed by atoms with van der Waals surface area (Å²) >= 11 is 3.27. The summed E-state index contributed by atoms with van der Waals surface area (Å²) in [7, 11) is 0.635. The molecule has 0 saturated carbocycles. The Morgan fingerprint density at radius 1 is 1.25 bits per heavy atom. The lowest BCUT2D eigenvalue weighted by molar-refractivity contribution is 0.0439. The third-order valence-electron chi connectivity index (χ3n) is 3.11. The molecule has 1 aromatic heterocycles. The molecule has 0 atom stereocenters. The highest BCUT2D eigenvalue weighted by atomic mass is 79.9. The quantitative estimate of drug-likeness (QED) is 0.671. The Morgan fingerprint density at radius 2 is 1.96 bits per heavy atom. The third kappa shape index (κ3) is 3.97. The molecule has 0 aliphatic carbocycles. The first-order chi connectivity index (χ1) is 11.3. The van der Waals surface area contributed by atoms with Gasteiger partial charge in [0.05, 0.1) is 12.7 Å². The molecule has 24 heavy (non-hydrogen) atoms. The summed E-state index contributed by atoms with van der Waals surface area (Å²) in [6, 6.07) is 7.68. The van der Waals surface area contributed by atoms with Gasteiger partial charge < -0.3 is 13.9 Å². The Hall–Kier alpha value is -1.84. The molecule has 0 spiro atoms. The van der Waals surface area contributed by atoms with E-state index in [2.05, 4.69) is 15.9 Å². The smallest absolute Gasteiger partial charge is 0.339 e. The number of halogens is 1. The minimum atomic E-state index is -3.66. The number of esters is 1. The van der Waals surface area contributed by atoms with Crippen LogP contribution in [0, 0.1) is 0 Å². The average Bonchev–Trinajstić information content (AvgIpc) is 3.02. The first-order valence-electron chi connectivity index (χ1n) is 6.77. The van der Waals surface area contributed by atoms with Gasteiger partial charge >= 0.3 is 5.97 Å². The maximum Gasteiger partial charge on any atom is 0.339 e. The van der Waals surface area contributed by atoms with Crippen LogP contribution >= 0.6 is 15.9 Å². The molecule has 2 rings (SSSR count). The first-order valence-corrected chi connectivity index (χ1v) is 9.01. The summed E-state index contributed by atoms with van der Waals surface area (Å²) in [6.07, 6.45) is 0. The van der Waals surface area contributed by atoms with E-state index in [1.54, 1.807) is 12.1 Å². The van der Waals surface area contributed by atoms with Crippen LogP contribution in [-0.4, -0.2) is 39.9 Å². The Labute approximate surface area is 148 Å². The van der Waals surface area contributed by atoms with Crippen molar-refractivity contribution in [2.75, 3.05) is 21.2 Å². The lowest BCUT2D eigenvalue weighted by Gasteiger charge is -2.08. The largest absolute Gasteiger partial charge is 0.497 e. The normalized spacial score (nSPS) is 11.5. The van der Waals surface area contributed by atoms with Crippen LogP contribution in [0.5, 0.6) is 5.75 Å². The SMILES string of the molecule is COc1ccc(Br)c(C(=O)OCc2ccc(S(=O)(=O)N(C)C)o2)c1. The highest BCUT2D eigenvalue weighted by molar-refractivity contribution is 9.10. The lowest BCUT2D eigenvalue weighted by Crippen LogP contribution is -2.21. The molecule has 0 aliphatic heterocycles. The van der Waals surface area contributed by atoms with E-state index in [0.717, 1.165) is 4.31 Å². The molecule has 0 saturated heterocycles. The van der Waals surface area contributed by atoms with E-state index in [1.165, 1.54) is 39.4 Å². The fourth-order valence-electron chi connectivity index (χ4n) is 1.76. The van der Waals surface area contributed by atoms with Crippen LogP contribution in [0.2, 0.25) is 0 Å². The fourth-order valence-corrected chi connectivity index (χ4v) is 2.98.